The molecule has 0 N–H and O–H groups in total. The average Bonchev–Trinajstić information content (AvgIpc) is 3.00. The van der Waals surface area contributed by atoms with E-state index in [-0.39, 0.29) is 22.4 Å². The Kier molecular flexibility index (Phi) is 3.90. The fraction of sp³-hybridized carbons (Fsp3) is 0.0667. The van der Waals surface area contributed by atoms with Crippen LogP contribution in [-0.4, -0.2) is 10.2 Å². The minimum atomic E-state index is -0.597. The molecule has 3 nitrogen and oxygen atoms in total. The van der Waals surface area contributed by atoms with Gasteiger partial charge in [0, 0.05) is 0 Å². The number of benzene rings is 2. The highest BCUT2D eigenvalue weighted by Crippen LogP contribution is 2.31. The highest BCUT2D eigenvalue weighted by atomic mass is 35.5. The average molecular weight is 323 g/mol. The van der Waals surface area contributed by atoms with Crippen molar-refractivity contribution in [2.24, 2.45) is 0 Å². The van der Waals surface area contributed by atoms with Crippen molar-refractivity contribution >= 4 is 23.2 Å². The third kappa shape index (κ3) is 2.77. The first-order valence-electron chi connectivity index (χ1n) is 6.13. The van der Waals surface area contributed by atoms with Crippen molar-refractivity contribution in [3.63, 3.8) is 0 Å². The Morgan fingerprint density at radius 1 is 1.00 bits per heavy atom. The van der Waals surface area contributed by atoms with Crippen molar-refractivity contribution in [2.75, 3.05) is 0 Å². The van der Waals surface area contributed by atoms with Crippen molar-refractivity contribution in [2.45, 2.75) is 5.38 Å². The molecule has 0 radical (unpaired) electrons. The van der Waals surface area contributed by atoms with Crippen LogP contribution in [0.4, 0.5) is 4.39 Å². The summed E-state index contributed by atoms with van der Waals surface area (Å²) in [5, 5.41) is 7.13. The summed E-state index contributed by atoms with van der Waals surface area (Å²) in [5.74, 6) is -0.343. The van der Waals surface area contributed by atoms with Gasteiger partial charge < -0.3 is 4.42 Å². The van der Waals surface area contributed by atoms with Gasteiger partial charge in [0.2, 0.25) is 5.89 Å². The Morgan fingerprint density at radius 2 is 1.76 bits per heavy atom. The minimum absolute atomic E-state index is 0.00210. The maximum Gasteiger partial charge on any atom is 0.250 e. The number of alkyl halides is 1. The Morgan fingerprint density at radius 3 is 2.52 bits per heavy atom. The lowest BCUT2D eigenvalue weighted by Crippen LogP contribution is -1.92. The molecule has 2 aromatic carbocycles. The molecule has 106 valence electrons. The molecule has 1 atom stereocenters. The second-order valence-electron chi connectivity index (χ2n) is 4.32. The van der Waals surface area contributed by atoms with Crippen molar-refractivity contribution in [3.8, 4) is 11.5 Å². The van der Waals surface area contributed by atoms with Crippen LogP contribution in [0.2, 0.25) is 5.02 Å². The number of hydrogen-bond acceptors (Lipinski definition) is 3. The van der Waals surface area contributed by atoms with Crippen LogP contribution in [0.3, 0.4) is 0 Å². The molecule has 0 aliphatic rings. The summed E-state index contributed by atoms with van der Waals surface area (Å²) >= 11 is 12.0. The monoisotopic (exact) mass is 322 g/mol. The fourth-order valence-corrected chi connectivity index (χ4v) is 2.29. The van der Waals surface area contributed by atoms with Gasteiger partial charge in [-0.25, -0.2) is 4.39 Å². The van der Waals surface area contributed by atoms with E-state index in [2.05, 4.69) is 10.2 Å². The van der Waals surface area contributed by atoms with E-state index in [1.165, 1.54) is 12.1 Å². The summed E-state index contributed by atoms with van der Waals surface area (Å²) in [6.45, 7) is 0. The third-order valence-electron chi connectivity index (χ3n) is 2.93. The number of nitrogens with zero attached hydrogens (tertiary/aromatic N) is 2. The van der Waals surface area contributed by atoms with E-state index in [9.17, 15) is 4.39 Å². The smallest absolute Gasteiger partial charge is 0.250 e. The van der Waals surface area contributed by atoms with Crippen molar-refractivity contribution < 1.29 is 8.81 Å². The molecule has 0 aliphatic heterocycles. The number of aromatic nitrogens is 2. The third-order valence-corrected chi connectivity index (χ3v) is 3.66. The van der Waals surface area contributed by atoms with E-state index in [1.54, 1.807) is 6.07 Å². The Hall–Kier alpha value is -1.91. The van der Waals surface area contributed by atoms with Crippen LogP contribution in [0.15, 0.2) is 52.9 Å². The summed E-state index contributed by atoms with van der Waals surface area (Å²) in [4.78, 5) is 0. The molecular formula is C15H9Cl2FN2O. The topological polar surface area (TPSA) is 38.9 Å². The summed E-state index contributed by atoms with van der Waals surface area (Å²) in [6.07, 6.45) is 0. The molecule has 0 amide bonds. The largest absolute Gasteiger partial charge is 0.419 e. The van der Waals surface area contributed by atoms with Gasteiger partial charge in [-0.2, -0.15) is 0 Å². The summed E-state index contributed by atoms with van der Waals surface area (Å²) in [7, 11) is 0. The molecule has 3 rings (SSSR count). The van der Waals surface area contributed by atoms with Crippen molar-refractivity contribution in [1.82, 2.24) is 10.2 Å². The van der Waals surface area contributed by atoms with E-state index < -0.39 is 11.2 Å². The predicted octanol–water partition coefficient (Wildman–Crippen LogP) is 4.86. The second-order valence-corrected chi connectivity index (χ2v) is 5.16. The highest BCUT2D eigenvalue weighted by Gasteiger charge is 2.20. The molecule has 1 aromatic heterocycles. The van der Waals surface area contributed by atoms with Gasteiger partial charge in [-0.05, 0) is 17.7 Å². The van der Waals surface area contributed by atoms with Crippen LogP contribution in [0.5, 0.6) is 0 Å². The quantitative estimate of drug-likeness (QED) is 0.646. The predicted molar refractivity (Wildman–Crippen MR) is 78.8 cm³/mol. The maximum absolute atomic E-state index is 13.9. The zero-order chi connectivity index (χ0) is 14.8. The van der Waals surface area contributed by atoms with Gasteiger partial charge in [0.15, 0.2) is 5.82 Å². The molecule has 0 bridgehead atoms. The Balaban J connectivity index is 1.95. The normalized spacial score (nSPS) is 12.3. The lowest BCUT2D eigenvalue weighted by atomic mass is 10.1. The number of halogens is 3. The van der Waals surface area contributed by atoms with Crippen molar-refractivity contribution in [3.05, 3.63) is 70.8 Å². The molecule has 0 saturated carbocycles. The molecule has 0 fully saturated rings. The van der Waals surface area contributed by atoms with Gasteiger partial charge in [0.25, 0.3) is 5.89 Å². The van der Waals surface area contributed by atoms with Gasteiger partial charge in [-0.3, -0.25) is 0 Å². The molecule has 21 heavy (non-hydrogen) atoms. The standard InChI is InChI=1S/C15H9Cl2FN2O/c16-11-8-4-7-10(13(11)18)14-19-20-15(21-14)12(17)9-5-2-1-3-6-9/h1-8,12H. The molecule has 1 heterocycles. The van der Waals surface area contributed by atoms with E-state index in [0.717, 1.165) is 5.56 Å². The first-order valence-corrected chi connectivity index (χ1v) is 6.95. The lowest BCUT2D eigenvalue weighted by molar-refractivity contribution is 0.508. The lowest BCUT2D eigenvalue weighted by Gasteiger charge is -2.04. The Labute approximate surface area is 130 Å². The van der Waals surface area contributed by atoms with Gasteiger partial charge in [0.1, 0.15) is 5.38 Å². The van der Waals surface area contributed by atoms with E-state index in [4.69, 9.17) is 27.6 Å². The molecule has 0 aliphatic carbocycles. The Bertz CT molecular complexity index is 761. The first kappa shape index (κ1) is 14.0. The van der Waals surface area contributed by atoms with Crippen molar-refractivity contribution in [1.29, 1.82) is 0 Å². The molecule has 6 heteroatoms. The van der Waals surface area contributed by atoms with Crippen LogP contribution >= 0.6 is 23.2 Å². The SMILES string of the molecule is Fc1c(Cl)cccc1-c1nnc(C(Cl)c2ccccc2)o1. The van der Waals surface area contributed by atoms with Crippen LogP contribution in [0.25, 0.3) is 11.5 Å². The second kappa shape index (κ2) is 5.84. The van der Waals surface area contributed by atoms with Crippen LogP contribution in [0, 0.1) is 5.82 Å². The zero-order valence-electron chi connectivity index (χ0n) is 10.6. The highest BCUT2D eigenvalue weighted by molar-refractivity contribution is 6.31. The zero-order valence-corrected chi connectivity index (χ0v) is 12.1. The number of hydrogen-bond donors (Lipinski definition) is 0. The summed E-state index contributed by atoms with van der Waals surface area (Å²) in [6, 6.07) is 13.9. The van der Waals surface area contributed by atoms with Crippen LogP contribution < -0.4 is 0 Å². The van der Waals surface area contributed by atoms with E-state index in [0.29, 0.717) is 0 Å². The van der Waals surface area contributed by atoms with E-state index in [1.807, 2.05) is 30.3 Å². The molecular weight excluding hydrogens is 314 g/mol. The van der Waals surface area contributed by atoms with Gasteiger partial charge in [0.05, 0.1) is 10.6 Å². The number of rotatable bonds is 3. The first-order chi connectivity index (χ1) is 10.2. The minimum Gasteiger partial charge on any atom is -0.419 e. The summed E-state index contributed by atoms with van der Waals surface area (Å²) in [5.41, 5.74) is 0.971. The van der Waals surface area contributed by atoms with E-state index >= 15 is 0 Å². The van der Waals surface area contributed by atoms with Gasteiger partial charge in [-0.1, -0.05) is 48.0 Å². The van der Waals surface area contributed by atoms with Gasteiger partial charge >= 0.3 is 0 Å². The van der Waals surface area contributed by atoms with Gasteiger partial charge in [-0.15, -0.1) is 21.8 Å². The summed E-state index contributed by atoms with van der Waals surface area (Å²) < 4.78 is 19.4. The fourth-order valence-electron chi connectivity index (χ4n) is 1.88. The molecule has 0 spiro atoms. The molecule has 1 unspecified atom stereocenters. The molecule has 0 saturated heterocycles. The molecule has 3 aromatic rings. The van der Waals surface area contributed by atoms with Crippen LogP contribution in [-0.2, 0) is 0 Å². The maximum atomic E-state index is 13.9. The van der Waals surface area contributed by atoms with Crippen LogP contribution in [0.1, 0.15) is 16.8 Å².